The lowest BCUT2D eigenvalue weighted by molar-refractivity contribution is 0.0658. The van der Waals surface area contributed by atoms with Crippen molar-refractivity contribution in [2.75, 3.05) is 30.3 Å². The molecule has 0 saturated heterocycles. The molecule has 0 radical (unpaired) electrons. The largest absolute Gasteiger partial charge is 0.376 e. The molecule has 0 amide bonds. The Bertz CT molecular complexity index is 396. The molecule has 19 heavy (non-hydrogen) atoms. The SMILES string of the molecule is CCNc1ncc(Br)c(NCCOC2CCCC2)n1. The molecule has 1 saturated carbocycles. The predicted octanol–water partition coefficient (Wildman–Crippen LogP) is 3.04. The van der Waals surface area contributed by atoms with E-state index in [1.807, 2.05) is 6.92 Å². The Labute approximate surface area is 122 Å². The Hall–Kier alpha value is -0.880. The van der Waals surface area contributed by atoms with E-state index in [1.165, 1.54) is 25.7 Å². The van der Waals surface area contributed by atoms with Crippen molar-refractivity contribution in [3.8, 4) is 0 Å². The molecule has 1 aromatic rings. The second-order valence-electron chi connectivity index (χ2n) is 4.62. The summed E-state index contributed by atoms with van der Waals surface area (Å²) in [5.74, 6) is 1.45. The van der Waals surface area contributed by atoms with E-state index in [2.05, 4.69) is 36.5 Å². The molecule has 6 heteroatoms. The highest BCUT2D eigenvalue weighted by Crippen LogP contribution is 2.21. The minimum absolute atomic E-state index is 0.466. The number of hydrogen-bond acceptors (Lipinski definition) is 5. The number of nitrogens with one attached hydrogen (secondary N) is 2. The smallest absolute Gasteiger partial charge is 0.224 e. The van der Waals surface area contributed by atoms with E-state index in [4.69, 9.17) is 4.74 Å². The van der Waals surface area contributed by atoms with Gasteiger partial charge in [0, 0.05) is 19.3 Å². The summed E-state index contributed by atoms with van der Waals surface area (Å²) in [7, 11) is 0. The van der Waals surface area contributed by atoms with Gasteiger partial charge in [0.1, 0.15) is 5.82 Å². The Kier molecular flexibility index (Phi) is 5.85. The maximum Gasteiger partial charge on any atom is 0.224 e. The van der Waals surface area contributed by atoms with E-state index < -0.39 is 0 Å². The van der Waals surface area contributed by atoms with Crippen molar-refractivity contribution in [3.63, 3.8) is 0 Å². The van der Waals surface area contributed by atoms with Gasteiger partial charge in [0.25, 0.3) is 0 Å². The Morgan fingerprint density at radius 3 is 2.89 bits per heavy atom. The third-order valence-corrected chi connectivity index (χ3v) is 3.71. The van der Waals surface area contributed by atoms with Crippen LogP contribution in [0.4, 0.5) is 11.8 Å². The van der Waals surface area contributed by atoms with Gasteiger partial charge < -0.3 is 15.4 Å². The number of hydrogen-bond donors (Lipinski definition) is 2. The summed E-state index contributed by atoms with van der Waals surface area (Å²) in [6, 6.07) is 0. The number of aromatic nitrogens is 2. The van der Waals surface area contributed by atoms with E-state index >= 15 is 0 Å². The van der Waals surface area contributed by atoms with Crippen molar-refractivity contribution in [1.82, 2.24) is 9.97 Å². The number of halogens is 1. The van der Waals surface area contributed by atoms with Gasteiger partial charge in [-0.1, -0.05) is 12.8 Å². The van der Waals surface area contributed by atoms with Crippen LogP contribution in [0.2, 0.25) is 0 Å². The van der Waals surface area contributed by atoms with E-state index in [9.17, 15) is 0 Å². The normalized spacial score (nSPS) is 15.7. The van der Waals surface area contributed by atoms with Crippen LogP contribution in [0.15, 0.2) is 10.7 Å². The molecule has 1 aromatic heterocycles. The van der Waals surface area contributed by atoms with Gasteiger partial charge in [-0.05, 0) is 35.7 Å². The molecule has 1 heterocycles. The standard InChI is InChI=1S/C13H21BrN4O/c1-2-15-13-17-9-11(14)12(18-13)16-7-8-19-10-5-3-4-6-10/h9-10H,2-8H2,1H3,(H2,15,16,17,18). The highest BCUT2D eigenvalue weighted by atomic mass is 79.9. The maximum absolute atomic E-state index is 5.81. The predicted molar refractivity (Wildman–Crippen MR) is 80.6 cm³/mol. The molecule has 1 aliphatic rings. The van der Waals surface area contributed by atoms with Gasteiger partial charge >= 0.3 is 0 Å². The average Bonchev–Trinajstić information content (AvgIpc) is 2.91. The van der Waals surface area contributed by atoms with Crippen molar-refractivity contribution < 1.29 is 4.74 Å². The van der Waals surface area contributed by atoms with Gasteiger partial charge in [-0.3, -0.25) is 0 Å². The Balaban J connectivity index is 1.76. The zero-order valence-electron chi connectivity index (χ0n) is 11.3. The molecule has 0 aliphatic heterocycles. The molecule has 5 nitrogen and oxygen atoms in total. The Morgan fingerprint density at radius 2 is 2.16 bits per heavy atom. The molecule has 0 spiro atoms. The molecular formula is C13H21BrN4O. The van der Waals surface area contributed by atoms with E-state index in [0.717, 1.165) is 30.0 Å². The fourth-order valence-corrected chi connectivity index (χ4v) is 2.52. The summed E-state index contributed by atoms with van der Waals surface area (Å²) < 4.78 is 6.68. The lowest BCUT2D eigenvalue weighted by Gasteiger charge is -2.13. The quantitative estimate of drug-likeness (QED) is 0.753. The van der Waals surface area contributed by atoms with Gasteiger partial charge in [0.05, 0.1) is 17.2 Å². The summed E-state index contributed by atoms with van der Waals surface area (Å²) in [5.41, 5.74) is 0. The molecule has 106 valence electrons. The molecule has 1 aliphatic carbocycles. The van der Waals surface area contributed by atoms with Crippen LogP contribution in [0.25, 0.3) is 0 Å². The maximum atomic E-state index is 5.81. The number of anilines is 2. The third kappa shape index (κ3) is 4.62. The van der Waals surface area contributed by atoms with Crippen LogP contribution in [-0.4, -0.2) is 35.8 Å². The average molecular weight is 329 g/mol. The minimum Gasteiger partial charge on any atom is -0.376 e. The summed E-state index contributed by atoms with van der Waals surface area (Å²) in [4.78, 5) is 8.58. The van der Waals surface area contributed by atoms with Gasteiger partial charge in [-0.15, -0.1) is 0 Å². The first-order chi connectivity index (χ1) is 9.29. The Morgan fingerprint density at radius 1 is 1.37 bits per heavy atom. The number of nitrogens with zero attached hydrogens (tertiary/aromatic N) is 2. The second-order valence-corrected chi connectivity index (χ2v) is 5.48. The van der Waals surface area contributed by atoms with Gasteiger partial charge in [0.2, 0.25) is 5.95 Å². The topological polar surface area (TPSA) is 59.1 Å². The van der Waals surface area contributed by atoms with Crippen LogP contribution in [0.3, 0.4) is 0 Å². The summed E-state index contributed by atoms with van der Waals surface area (Å²) in [6.07, 6.45) is 7.26. The van der Waals surface area contributed by atoms with Crippen molar-refractivity contribution in [1.29, 1.82) is 0 Å². The zero-order chi connectivity index (χ0) is 13.5. The van der Waals surface area contributed by atoms with Gasteiger partial charge in [-0.2, -0.15) is 4.98 Å². The summed E-state index contributed by atoms with van der Waals surface area (Å²) >= 11 is 3.44. The van der Waals surface area contributed by atoms with Crippen LogP contribution in [0, 0.1) is 0 Å². The van der Waals surface area contributed by atoms with Crippen molar-refractivity contribution in [3.05, 3.63) is 10.7 Å². The van der Waals surface area contributed by atoms with E-state index in [-0.39, 0.29) is 0 Å². The van der Waals surface area contributed by atoms with Crippen molar-refractivity contribution in [2.45, 2.75) is 38.7 Å². The first-order valence-corrected chi connectivity index (χ1v) is 7.70. The van der Waals surface area contributed by atoms with Crippen LogP contribution < -0.4 is 10.6 Å². The molecule has 0 unspecified atom stereocenters. The van der Waals surface area contributed by atoms with E-state index in [0.29, 0.717) is 12.1 Å². The van der Waals surface area contributed by atoms with Gasteiger partial charge in [-0.25, -0.2) is 4.98 Å². The number of rotatable bonds is 7. The third-order valence-electron chi connectivity index (χ3n) is 3.13. The molecule has 0 atom stereocenters. The zero-order valence-corrected chi connectivity index (χ0v) is 12.9. The first kappa shape index (κ1) is 14.5. The lowest BCUT2D eigenvalue weighted by atomic mass is 10.3. The van der Waals surface area contributed by atoms with Crippen molar-refractivity contribution in [2.24, 2.45) is 0 Å². The fourth-order valence-electron chi connectivity index (χ4n) is 2.18. The summed E-state index contributed by atoms with van der Waals surface area (Å²) in [5, 5.41) is 6.37. The lowest BCUT2D eigenvalue weighted by Crippen LogP contribution is -2.16. The van der Waals surface area contributed by atoms with Crippen molar-refractivity contribution >= 4 is 27.7 Å². The molecule has 2 rings (SSSR count). The summed E-state index contributed by atoms with van der Waals surface area (Å²) in [6.45, 7) is 4.31. The molecular weight excluding hydrogens is 308 g/mol. The van der Waals surface area contributed by atoms with Crippen LogP contribution in [0.5, 0.6) is 0 Å². The second kappa shape index (κ2) is 7.65. The fraction of sp³-hybridized carbons (Fsp3) is 0.692. The van der Waals surface area contributed by atoms with Crippen LogP contribution in [-0.2, 0) is 4.74 Å². The highest BCUT2D eigenvalue weighted by molar-refractivity contribution is 9.10. The minimum atomic E-state index is 0.466. The first-order valence-electron chi connectivity index (χ1n) is 6.91. The molecule has 0 aromatic carbocycles. The van der Waals surface area contributed by atoms with Crippen LogP contribution in [0.1, 0.15) is 32.6 Å². The highest BCUT2D eigenvalue weighted by Gasteiger charge is 2.14. The van der Waals surface area contributed by atoms with Crippen LogP contribution >= 0.6 is 15.9 Å². The van der Waals surface area contributed by atoms with E-state index in [1.54, 1.807) is 6.20 Å². The monoisotopic (exact) mass is 328 g/mol. The molecule has 1 fully saturated rings. The van der Waals surface area contributed by atoms with Gasteiger partial charge in [0.15, 0.2) is 0 Å². The molecule has 2 N–H and O–H groups in total. The number of ether oxygens (including phenoxy) is 1. The molecule has 0 bridgehead atoms.